The second-order valence-electron chi connectivity index (χ2n) is 3.98. The number of rotatable bonds is 3. The molecule has 3 nitrogen and oxygen atoms in total. The molecule has 0 aliphatic carbocycles. The predicted molar refractivity (Wildman–Crippen MR) is 70.3 cm³/mol. The second kappa shape index (κ2) is 5.33. The van der Waals surface area contributed by atoms with Gasteiger partial charge in [-0.15, -0.1) is 0 Å². The van der Waals surface area contributed by atoms with Gasteiger partial charge in [-0.2, -0.15) is 5.26 Å². The fourth-order valence-corrected chi connectivity index (χ4v) is 1.68. The molecular formula is C15H14N2O. The smallest absolute Gasteiger partial charge is 0.155 e. The Morgan fingerprint density at radius 2 is 2.00 bits per heavy atom. The van der Waals surface area contributed by atoms with Crippen LogP contribution in [0.3, 0.4) is 0 Å². The molecule has 0 unspecified atom stereocenters. The van der Waals surface area contributed by atoms with Crippen LogP contribution in [-0.2, 0) is 0 Å². The average Bonchev–Trinajstić information content (AvgIpc) is 2.40. The Bertz CT molecular complexity index is 582. The zero-order valence-corrected chi connectivity index (χ0v) is 10.5. The van der Waals surface area contributed by atoms with Crippen molar-refractivity contribution in [1.29, 1.82) is 5.26 Å². The fraction of sp³-hybridized carbons (Fsp3) is 0.200. The van der Waals surface area contributed by atoms with Gasteiger partial charge in [0.1, 0.15) is 6.07 Å². The first kappa shape index (κ1) is 12.1. The van der Waals surface area contributed by atoms with Crippen molar-refractivity contribution in [2.24, 2.45) is 0 Å². The summed E-state index contributed by atoms with van der Waals surface area (Å²) in [7, 11) is 0. The van der Waals surface area contributed by atoms with Crippen LogP contribution >= 0.6 is 0 Å². The highest BCUT2D eigenvalue weighted by atomic mass is 16.5. The Balaban J connectivity index is 2.41. The number of benzene rings is 1. The Kier molecular flexibility index (Phi) is 3.59. The molecule has 90 valence electrons. The molecule has 0 N–H and O–H groups in total. The van der Waals surface area contributed by atoms with E-state index in [4.69, 9.17) is 10.00 Å². The number of nitrogens with zero attached hydrogens (tertiary/aromatic N) is 2. The number of pyridine rings is 1. The van der Waals surface area contributed by atoms with Gasteiger partial charge in [-0.1, -0.05) is 29.8 Å². The third kappa shape index (κ3) is 2.49. The standard InChI is InChI=1S/C15H14N2O/c1-3-18-15-10-17-14(8-13(15)9-16)12-6-4-11(2)5-7-12/h4-8,10H,3H2,1-2H3. The molecule has 0 aliphatic rings. The van der Waals surface area contributed by atoms with Crippen molar-refractivity contribution in [2.75, 3.05) is 6.61 Å². The van der Waals surface area contributed by atoms with E-state index in [9.17, 15) is 0 Å². The molecule has 0 aliphatic heterocycles. The molecule has 3 heteroatoms. The first-order valence-electron chi connectivity index (χ1n) is 5.84. The van der Waals surface area contributed by atoms with Gasteiger partial charge >= 0.3 is 0 Å². The molecule has 0 atom stereocenters. The van der Waals surface area contributed by atoms with E-state index in [1.807, 2.05) is 38.1 Å². The molecule has 1 heterocycles. The molecule has 0 saturated carbocycles. The van der Waals surface area contributed by atoms with E-state index in [0.717, 1.165) is 11.3 Å². The predicted octanol–water partition coefficient (Wildman–Crippen LogP) is 3.33. The minimum absolute atomic E-state index is 0.516. The van der Waals surface area contributed by atoms with E-state index < -0.39 is 0 Å². The van der Waals surface area contributed by atoms with Crippen LogP contribution in [0.5, 0.6) is 5.75 Å². The quantitative estimate of drug-likeness (QED) is 0.824. The highest BCUT2D eigenvalue weighted by molar-refractivity contribution is 5.63. The van der Waals surface area contributed by atoms with Gasteiger partial charge in [-0.05, 0) is 19.9 Å². The van der Waals surface area contributed by atoms with Gasteiger partial charge in [-0.25, -0.2) is 0 Å². The van der Waals surface area contributed by atoms with Gasteiger partial charge in [0.25, 0.3) is 0 Å². The maximum Gasteiger partial charge on any atom is 0.155 e. The fourth-order valence-electron chi connectivity index (χ4n) is 1.68. The second-order valence-corrected chi connectivity index (χ2v) is 3.98. The van der Waals surface area contributed by atoms with Crippen LogP contribution in [0.25, 0.3) is 11.3 Å². The van der Waals surface area contributed by atoms with Crippen molar-refractivity contribution in [3.63, 3.8) is 0 Å². The topological polar surface area (TPSA) is 45.9 Å². The number of ether oxygens (including phenoxy) is 1. The van der Waals surface area contributed by atoms with Gasteiger partial charge in [0.2, 0.25) is 0 Å². The molecule has 18 heavy (non-hydrogen) atoms. The first-order chi connectivity index (χ1) is 8.74. The molecule has 2 aromatic rings. The van der Waals surface area contributed by atoms with Crippen LogP contribution < -0.4 is 4.74 Å². The monoisotopic (exact) mass is 238 g/mol. The van der Waals surface area contributed by atoms with Crippen molar-refractivity contribution < 1.29 is 4.74 Å². The van der Waals surface area contributed by atoms with Crippen molar-refractivity contribution >= 4 is 0 Å². The third-order valence-electron chi connectivity index (χ3n) is 2.64. The third-order valence-corrected chi connectivity index (χ3v) is 2.64. The first-order valence-corrected chi connectivity index (χ1v) is 5.84. The molecule has 0 bridgehead atoms. The molecule has 0 spiro atoms. The van der Waals surface area contributed by atoms with E-state index in [2.05, 4.69) is 11.1 Å². The van der Waals surface area contributed by atoms with Crippen LogP contribution in [0.4, 0.5) is 0 Å². The zero-order valence-electron chi connectivity index (χ0n) is 10.5. The van der Waals surface area contributed by atoms with E-state index in [1.165, 1.54) is 5.56 Å². The molecule has 0 radical (unpaired) electrons. The zero-order chi connectivity index (χ0) is 13.0. The van der Waals surface area contributed by atoms with Gasteiger partial charge in [0, 0.05) is 5.56 Å². The van der Waals surface area contributed by atoms with E-state index >= 15 is 0 Å². The molecule has 1 aromatic carbocycles. The summed E-state index contributed by atoms with van der Waals surface area (Å²) in [5.41, 5.74) is 3.50. The van der Waals surface area contributed by atoms with Gasteiger partial charge in [-0.3, -0.25) is 4.98 Å². The average molecular weight is 238 g/mol. The lowest BCUT2D eigenvalue weighted by molar-refractivity contribution is 0.338. The van der Waals surface area contributed by atoms with Crippen molar-refractivity contribution in [1.82, 2.24) is 4.98 Å². The Labute approximate surface area is 107 Å². The molecule has 0 fully saturated rings. The number of aromatic nitrogens is 1. The highest BCUT2D eigenvalue weighted by Crippen LogP contribution is 2.23. The van der Waals surface area contributed by atoms with Crippen molar-refractivity contribution in [2.45, 2.75) is 13.8 Å². The lowest BCUT2D eigenvalue weighted by Crippen LogP contribution is -1.96. The number of aryl methyl sites for hydroxylation is 1. The van der Waals surface area contributed by atoms with Gasteiger partial charge in [0.15, 0.2) is 5.75 Å². The van der Waals surface area contributed by atoms with Gasteiger partial charge < -0.3 is 4.74 Å². The lowest BCUT2D eigenvalue weighted by Gasteiger charge is -2.07. The normalized spacial score (nSPS) is 9.83. The largest absolute Gasteiger partial charge is 0.491 e. The maximum absolute atomic E-state index is 9.10. The SMILES string of the molecule is CCOc1cnc(-c2ccc(C)cc2)cc1C#N. The Morgan fingerprint density at radius 3 is 2.61 bits per heavy atom. The summed E-state index contributed by atoms with van der Waals surface area (Å²) in [6.07, 6.45) is 1.61. The van der Waals surface area contributed by atoms with Crippen molar-refractivity contribution in [3.8, 4) is 23.1 Å². The van der Waals surface area contributed by atoms with Gasteiger partial charge in [0.05, 0.1) is 24.1 Å². The van der Waals surface area contributed by atoms with E-state index in [0.29, 0.717) is 17.9 Å². The molecule has 0 amide bonds. The Morgan fingerprint density at radius 1 is 1.28 bits per heavy atom. The van der Waals surface area contributed by atoms with Crippen LogP contribution in [0, 0.1) is 18.3 Å². The van der Waals surface area contributed by atoms with E-state index in [1.54, 1.807) is 12.3 Å². The summed E-state index contributed by atoms with van der Waals surface area (Å²) in [6.45, 7) is 4.45. The summed E-state index contributed by atoms with van der Waals surface area (Å²) < 4.78 is 5.35. The number of hydrogen-bond acceptors (Lipinski definition) is 3. The molecular weight excluding hydrogens is 224 g/mol. The summed E-state index contributed by atoms with van der Waals surface area (Å²) in [6, 6.07) is 11.9. The number of nitriles is 1. The van der Waals surface area contributed by atoms with Crippen LogP contribution in [0.15, 0.2) is 36.5 Å². The van der Waals surface area contributed by atoms with Crippen LogP contribution in [0.1, 0.15) is 18.1 Å². The summed E-state index contributed by atoms with van der Waals surface area (Å²) in [5, 5.41) is 9.10. The highest BCUT2D eigenvalue weighted by Gasteiger charge is 2.07. The van der Waals surface area contributed by atoms with Crippen molar-refractivity contribution in [3.05, 3.63) is 47.7 Å². The molecule has 2 rings (SSSR count). The van der Waals surface area contributed by atoms with Crippen LogP contribution in [-0.4, -0.2) is 11.6 Å². The maximum atomic E-state index is 9.10. The summed E-state index contributed by atoms with van der Waals surface area (Å²) in [4.78, 5) is 4.33. The lowest BCUT2D eigenvalue weighted by atomic mass is 10.1. The van der Waals surface area contributed by atoms with Crippen LogP contribution in [0.2, 0.25) is 0 Å². The Hall–Kier alpha value is -2.34. The molecule has 0 saturated heterocycles. The minimum Gasteiger partial charge on any atom is -0.491 e. The summed E-state index contributed by atoms with van der Waals surface area (Å²) >= 11 is 0. The summed E-state index contributed by atoms with van der Waals surface area (Å²) in [5.74, 6) is 0.538. The number of hydrogen-bond donors (Lipinski definition) is 0. The minimum atomic E-state index is 0.516. The molecule has 1 aromatic heterocycles. The van der Waals surface area contributed by atoms with E-state index in [-0.39, 0.29) is 0 Å².